The Hall–Kier alpha value is -0.790. The van der Waals surface area contributed by atoms with Crippen molar-refractivity contribution in [2.24, 2.45) is 0 Å². The fourth-order valence-electron chi connectivity index (χ4n) is 2.51. The molecule has 0 spiro atoms. The first-order chi connectivity index (χ1) is 9.87. The summed E-state index contributed by atoms with van der Waals surface area (Å²) in [6.07, 6.45) is 2.76. The Morgan fingerprint density at radius 1 is 1.14 bits per heavy atom. The lowest BCUT2D eigenvalue weighted by Crippen LogP contribution is -2.41. The first kappa shape index (κ1) is 16.6. The van der Waals surface area contributed by atoms with E-state index in [2.05, 4.69) is 0 Å². The largest absolute Gasteiger partial charge is 0.249 e. The highest BCUT2D eigenvalue weighted by atomic mass is 35.5. The molecule has 0 aliphatic carbocycles. The Labute approximate surface area is 126 Å². The van der Waals surface area contributed by atoms with E-state index >= 15 is 0 Å². The van der Waals surface area contributed by atoms with Gasteiger partial charge in [0.25, 0.3) is 0 Å². The Morgan fingerprint density at radius 2 is 1.76 bits per heavy atom. The molecule has 1 aromatic rings. The molecular weight excluding hydrogens is 327 g/mol. The van der Waals surface area contributed by atoms with E-state index in [-0.39, 0.29) is 12.4 Å². The molecule has 1 saturated heterocycles. The molecule has 0 bridgehead atoms. The van der Waals surface area contributed by atoms with Crippen LogP contribution in [-0.2, 0) is 10.0 Å². The molecule has 1 fully saturated rings. The van der Waals surface area contributed by atoms with Crippen molar-refractivity contribution < 1.29 is 21.6 Å². The summed E-state index contributed by atoms with van der Waals surface area (Å²) < 4.78 is 66.6. The lowest BCUT2D eigenvalue weighted by atomic mass is 10.1. The molecule has 0 N–H and O–H groups in total. The SMILES string of the molecule is O=S(=O)(c1c(F)cc(F)cc1F)N1CCCCCC1CCl. The number of benzene rings is 1. The van der Waals surface area contributed by atoms with Crippen molar-refractivity contribution in [1.29, 1.82) is 0 Å². The second-order valence-corrected chi connectivity index (χ2v) is 7.11. The molecule has 1 aliphatic rings. The number of nitrogens with zero attached hydrogens (tertiary/aromatic N) is 1. The highest BCUT2D eigenvalue weighted by Gasteiger charge is 2.36. The van der Waals surface area contributed by atoms with E-state index in [1.54, 1.807) is 0 Å². The molecule has 0 radical (unpaired) electrons. The van der Waals surface area contributed by atoms with Gasteiger partial charge in [0.2, 0.25) is 10.0 Å². The minimum absolute atomic E-state index is 0.0453. The fourth-order valence-corrected chi connectivity index (χ4v) is 4.70. The van der Waals surface area contributed by atoms with Crippen LogP contribution < -0.4 is 0 Å². The van der Waals surface area contributed by atoms with Crippen molar-refractivity contribution in [2.75, 3.05) is 12.4 Å². The summed E-state index contributed by atoms with van der Waals surface area (Å²) in [5.41, 5.74) is 0. The Balaban J connectivity index is 2.50. The summed E-state index contributed by atoms with van der Waals surface area (Å²) in [6, 6.07) is 0.218. The Kier molecular flexibility index (Phi) is 5.16. The van der Waals surface area contributed by atoms with Crippen LogP contribution in [0, 0.1) is 17.5 Å². The standard InChI is InChI=1S/C13H15ClF3NO2S/c14-8-10-4-2-1-3-5-18(10)21(19,20)13-11(16)6-9(15)7-12(13)17/h6-7,10H,1-5,8H2. The van der Waals surface area contributed by atoms with Crippen molar-refractivity contribution in [2.45, 2.75) is 36.6 Å². The fraction of sp³-hybridized carbons (Fsp3) is 0.538. The molecule has 3 nitrogen and oxygen atoms in total. The van der Waals surface area contributed by atoms with Crippen LogP contribution in [0.5, 0.6) is 0 Å². The zero-order chi connectivity index (χ0) is 15.6. The molecular formula is C13H15ClF3NO2S. The molecule has 8 heteroatoms. The van der Waals surface area contributed by atoms with Crippen molar-refractivity contribution >= 4 is 21.6 Å². The van der Waals surface area contributed by atoms with Crippen molar-refractivity contribution in [3.05, 3.63) is 29.6 Å². The summed E-state index contributed by atoms with van der Waals surface area (Å²) in [7, 11) is -4.39. The lowest BCUT2D eigenvalue weighted by Gasteiger charge is -2.27. The predicted octanol–water partition coefficient (Wildman–Crippen LogP) is 3.28. The van der Waals surface area contributed by atoms with Crippen LogP contribution in [0.25, 0.3) is 0 Å². The van der Waals surface area contributed by atoms with Crippen LogP contribution in [0.15, 0.2) is 17.0 Å². The van der Waals surface area contributed by atoms with Gasteiger partial charge in [0.1, 0.15) is 17.5 Å². The van der Waals surface area contributed by atoms with Gasteiger partial charge in [0.15, 0.2) is 4.90 Å². The van der Waals surface area contributed by atoms with Gasteiger partial charge in [-0.25, -0.2) is 21.6 Å². The summed E-state index contributed by atoms with van der Waals surface area (Å²) in [5.74, 6) is -3.97. The van der Waals surface area contributed by atoms with Crippen LogP contribution in [-0.4, -0.2) is 31.2 Å². The Morgan fingerprint density at radius 3 is 2.33 bits per heavy atom. The Bertz CT molecular complexity index is 601. The number of halogens is 4. The number of alkyl halides is 1. The molecule has 1 aliphatic heterocycles. The van der Waals surface area contributed by atoms with Gasteiger partial charge in [-0.1, -0.05) is 12.8 Å². The highest BCUT2D eigenvalue weighted by molar-refractivity contribution is 7.89. The van der Waals surface area contributed by atoms with Crippen LogP contribution in [0.3, 0.4) is 0 Å². The number of rotatable bonds is 3. The maximum Gasteiger partial charge on any atom is 0.249 e. The zero-order valence-electron chi connectivity index (χ0n) is 11.2. The molecule has 1 heterocycles. The van der Waals surface area contributed by atoms with Crippen LogP contribution >= 0.6 is 11.6 Å². The van der Waals surface area contributed by atoms with E-state index in [0.29, 0.717) is 25.0 Å². The van der Waals surface area contributed by atoms with E-state index in [1.807, 2.05) is 0 Å². The van der Waals surface area contributed by atoms with Gasteiger partial charge in [0, 0.05) is 30.6 Å². The average Bonchev–Trinajstić information content (AvgIpc) is 2.62. The summed E-state index contributed by atoms with van der Waals surface area (Å²) in [5, 5.41) is 0. The molecule has 118 valence electrons. The van der Waals surface area contributed by atoms with Gasteiger partial charge in [-0.2, -0.15) is 4.31 Å². The van der Waals surface area contributed by atoms with Crippen molar-refractivity contribution in [3.8, 4) is 0 Å². The van der Waals surface area contributed by atoms with Crippen LogP contribution in [0.2, 0.25) is 0 Å². The minimum Gasteiger partial charge on any atom is -0.207 e. The quantitative estimate of drug-likeness (QED) is 0.791. The lowest BCUT2D eigenvalue weighted by molar-refractivity contribution is 0.340. The molecule has 1 aromatic carbocycles. The topological polar surface area (TPSA) is 37.4 Å². The molecule has 0 amide bonds. The summed E-state index contributed by atoms with van der Waals surface area (Å²) in [6.45, 7) is 0.149. The highest BCUT2D eigenvalue weighted by Crippen LogP contribution is 2.29. The van der Waals surface area contributed by atoms with Crippen LogP contribution in [0.1, 0.15) is 25.7 Å². The number of hydrogen-bond donors (Lipinski definition) is 0. The number of hydrogen-bond acceptors (Lipinski definition) is 2. The van der Waals surface area contributed by atoms with E-state index in [4.69, 9.17) is 11.6 Å². The third kappa shape index (κ3) is 3.35. The van der Waals surface area contributed by atoms with Crippen LogP contribution in [0.4, 0.5) is 13.2 Å². The van der Waals surface area contributed by atoms with E-state index in [1.165, 1.54) is 0 Å². The van der Waals surface area contributed by atoms with Gasteiger partial charge >= 0.3 is 0 Å². The minimum atomic E-state index is -4.39. The van der Waals surface area contributed by atoms with Gasteiger partial charge in [-0.15, -0.1) is 11.6 Å². The normalized spacial score (nSPS) is 21.2. The molecule has 1 unspecified atom stereocenters. The second-order valence-electron chi connectivity index (χ2n) is 4.97. The monoisotopic (exact) mass is 341 g/mol. The van der Waals surface area contributed by atoms with Gasteiger partial charge in [-0.05, 0) is 12.8 Å². The third-order valence-electron chi connectivity index (χ3n) is 3.53. The average molecular weight is 342 g/mol. The van der Waals surface area contributed by atoms with Crippen molar-refractivity contribution in [3.63, 3.8) is 0 Å². The molecule has 0 aromatic heterocycles. The van der Waals surface area contributed by atoms with Gasteiger partial charge in [-0.3, -0.25) is 0 Å². The predicted molar refractivity (Wildman–Crippen MR) is 73.2 cm³/mol. The summed E-state index contributed by atoms with van der Waals surface area (Å²) in [4.78, 5) is -1.11. The zero-order valence-corrected chi connectivity index (χ0v) is 12.7. The van der Waals surface area contributed by atoms with Gasteiger partial charge in [0.05, 0.1) is 0 Å². The second kappa shape index (κ2) is 6.54. The van der Waals surface area contributed by atoms with Crippen molar-refractivity contribution in [1.82, 2.24) is 4.31 Å². The smallest absolute Gasteiger partial charge is 0.207 e. The maximum absolute atomic E-state index is 13.8. The summed E-state index contributed by atoms with van der Waals surface area (Å²) >= 11 is 5.79. The van der Waals surface area contributed by atoms with E-state index < -0.39 is 38.4 Å². The van der Waals surface area contributed by atoms with Gasteiger partial charge < -0.3 is 0 Å². The number of sulfonamides is 1. The van der Waals surface area contributed by atoms with E-state index in [9.17, 15) is 21.6 Å². The van der Waals surface area contributed by atoms with E-state index in [0.717, 1.165) is 17.1 Å². The molecule has 21 heavy (non-hydrogen) atoms. The third-order valence-corrected chi connectivity index (χ3v) is 5.89. The molecule has 0 saturated carbocycles. The first-order valence-electron chi connectivity index (χ1n) is 6.60. The molecule has 1 atom stereocenters. The maximum atomic E-state index is 13.8. The molecule has 2 rings (SSSR count). The first-order valence-corrected chi connectivity index (χ1v) is 8.57.